The van der Waals surface area contributed by atoms with E-state index in [2.05, 4.69) is 26.3 Å². The Bertz CT molecular complexity index is 847. The predicted octanol–water partition coefficient (Wildman–Crippen LogP) is 2.02. The van der Waals surface area contributed by atoms with E-state index in [-0.39, 0.29) is 29.7 Å². The number of carbonyl (C=O) groups is 4. The van der Waals surface area contributed by atoms with E-state index in [1.54, 1.807) is 39.8 Å². The molecular weight excluding hydrogens is 450 g/mol. The van der Waals surface area contributed by atoms with Crippen molar-refractivity contribution in [3.05, 3.63) is 24.3 Å². The highest BCUT2D eigenvalue weighted by Gasteiger charge is 2.30. The molecule has 0 aliphatic carbocycles. The molecule has 0 bridgehead atoms. The van der Waals surface area contributed by atoms with E-state index < -0.39 is 36.0 Å². The van der Waals surface area contributed by atoms with Crippen molar-refractivity contribution in [2.45, 2.75) is 79.1 Å². The number of hydrogen-bond acceptors (Lipinski definition) is 5. The van der Waals surface area contributed by atoms with Crippen molar-refractivity contribution in [1.82, 2.24) is 21.3 Å². The Morgan fingerprint density at radius 2 is 1.63 bits per heavy atom. The molecule has 4 amide bonds. The lowest BCUT2D eigenvalue weighted by atomic mass is 10.0. The molecule has 0 saturated heterocycles. The molecule has 1 aliphatic rings. The molecule has 0 fully saturated rings. The quantitative estimate of drug-likeness (QED) is 0.329. The molecule has 10 heteroatoms. The first-order valence-electron chi connectivity index (χ1n) is 12.1. The zero-order valence-electron chi connectivity index (χ0n) is 21.8. The third-order valence-corrected chi connectivity index (χ3v) is 5.59. The van der Waals surface area contributed by atoms with Crippen LogP contribution in [0, 0.1) is 17.8 Å². The minimum Gasteiger partial charge on any atom is -0.480 e. The maximum atomic E-state index is 13.1. The molecule has 0 aromatic carbocycles. The number of hydrogen-bond donors (Lipinski definition) is 5. The Morgan fingerprint density at radius 1 is 1.03 bits per heavy atom. The van der Waals surface area contributed by atoms with Gasteiger partial charge < -0.3 is 26.4 Å². The van der Waals surface area contributed by atoms with Gasteiger partial charge in [0, 0.05) is 18.3 Å². The molecule has 0 spiro atoms. The van der Waals surface area contributed by atoms with Gasteiger partial charge in [0.15, 0.2) is 0 Å². The van der Waals surface area contributed by atoms with Crippen molar-refractivity contribution in [2.75, 3.05) is 6.54 Å². The lowest BCUT2D eigenvalue weighted by molar-refractivity contribution is -0.140. The SMILES string of the molecule is CC1=NCCC=CC(NC(=O)C(NC(=O)NC(C(=O)O)C(C)C)C(C)C)C(=O)NC(C(C)C)/C=C/1. The van der Waals surface area contributed by atoms with Gasteiger partial charge in [-0.1, -0.05) is 59.8 Å². The van der Waals surface area contributed by atoms with Crippen molar-refractivity contribution in [3.8, 4) is 0 Å². The largest absolute Gasteiger partial charge is 0.480 e. The first-order chi connectivity index (χ1) is 16.3. The Hall–Kier alpha value is -3.17. The van der Waals surface area contributed by atoms with Gasteiger partial charge in [0.1, 0.15) is 18.1 Å². The molecule has 1 rings (SSSR count). The van der Waals surface area contributed by atoms with E-state index in [1.807, 2.05) is 32.9 Å². The fraction of sp³-hybridized carbons (Fsp3) is 0.640. The van der Waals surface area contributed by atoms with Crippen LogP contribution >= 0.6 is 0 Å². The molecular formula is C25H41N5O5. The van der Waals surface area contributed by atoms with Crippen LogP contribution in [0.2, 0.25) is 0 Å². The van der Waals surface area contributed by atoms with Gasteiger partial charge in [0.2, 0.25) is 11.8 Å². The average Bonchev–Trinajstić information content (AvgIpc) is 2.75. The van der Waals surface area contributed by atoms with Crippen LogP contribution < -0.4 is 21.3 Å². The number of allylic oxidation sites excluding steroid dienone is 1. The molecule has 4 unspecified atom stereocenters. The number of aliphatic carboxylic acids is 1. The van der Waals surface area contributed by atoms with Gasteiger partial charge in [-0.25, -0.2) is 9.59 Å². The van der Waals surface area contributed by atoms with Gasteiger partial charge in [0.25, 0.3) is 0 Å². The third-order valence-electron chi connectivity index (χ3n) is 5.59. The fourth-order valence-electron chi connectivity index (χ4n) is 3.35. The highest BCUT2D eigenvalue weighted by atomic mass is 16.4. The van der Waals surface area contributed by atoms with Gasteiger partial charge in [0.05, 0.1) is 0 Å². The summed E-state index contributed by atoms with van der Waals surface area (Å²) in [6.45, 7) is 13.3. The number of carboxylic acids is 1. The molecule has 1 aliphatic heterocycles. The molecule has 5 N–H and O–H groups in total. The van der Waals surface area contributed by atoms with Gasteiger partial charge in [-0.15, -0.1) is 0 Å². The van der Waals surface area contributed by atoms with Crippen molar-refractivity contribution in [3.63, 3.8) is 0 Å². The number of carbonyl (C=O) groups excluding carboxylic acids is 3. The monoisotopic (exact) mass is 491 g/mol. The minimum atomic E-state index is -1.16. The Kier molecular flexibility index (Phi) is 12.2. The maximum Gasteiger partial charge on any atom is 0.326 e. The van der Waals surface area contributed by atoms with Crippen LogP contribution in [0.1, 0.15) is 54.9 Å². The van der Waals surface area contributed by atoms with E-state index in [0.29, 0.717) is 13.0 Å². The lowest BCUT2D eigenvalue weighted by Gasteiger charge is -2.27. The molecule has 196 valence electrons. The van der Waals surface area contributed by atoms with Crippen molar-refractivity contribution in [2.24, 2.45) is 22.7 Å². The van der Waals surface area contributed by atoms with Gasteiger partial charge >= 0.3 is 12.0 Å². The zero-order chi connectivity index (χ0) is 26.7. The second-order valence-corrected chi connectivity index (χ2v) is 9.76. The van der Waals surface area contributed by atoms with Crippen LogP contribution in [0.3, 0.4) is 0 Å². The normalized spacial score (nSPS) is 21.8. The summed E-state index contributed by atoms with van der Waals surface area (Å²) in [6, 6.07) is -4.05. The fourth-order valence-corrected chi connectivity index (χ4v) is 3.35. The van der Waals surface area contributed by atoms with Crippen LogP contribution in [0.15, 0.2) is 29.3 Å². The van der Waals surface area contributed by atoms with E-state index >= 15 is 0 Å². The Labute approximate surface area is 208 Å². The molecule has 4 atom stereocenters. The van der Waals surface area contributed by atoms with E-state index in [1.165, 1.54) is 0 Å². The van der Waals surface area contributed by atoms with Crippen LogP contribution in [0.4, 0.5) is 4.79 Å². The summed E-state index contributed by atoms with van der Waals surface area (Å²) < 4.78 is 0. The summed E-state index contributed by atoms with van der Waals surface area (Å²) >= 11 is 0. The predicted molar refractivity (Wildman–Crippen MR) is 136 cm³/mol. The molecule has 35 heavy (non-hydrogen) atoms. The number of rotatable bonds is 8. The highest BCUT2D eigenvalue weighted by molar-refractivity contribution is 5.94. The van der Waals surface area contributed by atoms with Gasteiger partial charge in [-0.05, 0) is 37.2 Å². The maximum absolute atomic E-state index is 13.1. The number of aliphatic imine (C=N–C) groups is 1. The first kappa shape index (κ1) is 29.9. The highest BCUT2D eigenvalue weighted by Crippen LogP contribution is 2.08. The van der Waals surface area contributed by atoms with Crippen molar-refractivity contribution < 1.29 is 24.3 Å². The average molecular weight is 492 g/mol. The third kappa shape index (κ3) is 10.3. The number of nitrogens with one attached hydrogen (secondary N) is 4. The lowest BCUT2D eigenvalue weighted by Crippen LogP contribution is -2.58. The first-order valence-corrected chi connectivity index (χ1v) is 12.1. The molecule has 0 aromatic rings. The van der Waals surface area contributed by atoms with E-state index in [9.17, 15) is 24.3 Å². The van der Waals surface area contributed by atoms with Gasteiger partial charge in [-0.3, -0.25) is 14.6 Å². The Balaban J connectivity index is 3.03. The smallest absolute Gasteiger partial charge is 0.326 e. The molecule has 0 saturated carbocycles. The molecule has 0 aromatic heterocycles. The van der Waals surface area contributed by atoms with E-state index in [4.69, 9.17) is 0 Å². The number of carboxylic acid groups (broad SMARTS) is 1. The van der Waals surface area contributed by atoms with E-state index in [0.717, 1.165) is 5.71 Å². The standard InChI is InChI=1S/C25H41N5O5/c1-14(2)18-12-11-17(7)26-13-9-8-10-19(22(31)27-18)28-23(32)20(15(3)4)29-25(35)30-21(16(5)6)24(33)34/h8,10-12,14-16,18-21H,9,13H2,1-7H3,(H,27,31)(H,28,32)(H,33,34)(H2,29,30,35)/b10-8?,12-11+,26-17?. The summed E-state index contributed by atoms with van der Waals surface area (Å²) in [7, 11) is 0. The number of amides is 4. The number of urea groups is 1. The van der Waals surface area contributed by atoms with Crippen molar-refractivity contribution >= 4 is 29.5 Å². The van der Waals surface area contributed by atoms with Crippen molar-refractivity contribution in [1.29, 1.82) is 0 Å². The Morgan fingerprint density at radius 3 is 2.17 bits per heavy atom. The minimum absolute atomic E-state index is 0.114. The molecule has 1 heterocycles. The summed E-state index contributed by atoms with van der Waals surface area (Å²) in [6.07, 6.45) is 7.78. The topological polar surface area (TPSA) is 149 Å². The van der Waals surface area contributed by atoms with Crippen LogP contribution in [0.5, 0.6) is 0 Å². The molecule has 0 radical (unpaired) electrons. The van der Waals surface area contributed by atoms with Crippen LogP contribution in [0.25, 0.3) is 0 Å². The summed E-state index contributed by atoms with van der Waals surface area (Å²) in [5, 5.41) is 19.9. The van der Waals surface area contributed by atoms with Crippen LogP contribution in [-0.4, -0.2) is 65.3 Å². The second kappa shape index (κ2) is 14.3. The molecule has 10 nitrogen and oxygen atoms in total. The zero-order valence-corrected chi connectivity index (χ0v) is 21.8. The van der Waals surface area contributed by atoms with Crippen LogP contribution in [-0.2, 0) is 14.4 Å². The summed E-state index contributed by atoms with van der Waals surface area (Å²) in [5.74, 6) is -2.62. The summed E-state index contributed by atoms with van der Waals surface area (Å²) in [4.78, 5) is 54.5. The number of nitrogens with zero attached hydrogens (tertiary/aromatic N) is 1. The summed E-state index contributed by atoms with van der Waals surface area (Å²) in [5.41, 5.74) is 0.871. The second-order valence-electron chi connectivity index (χ2n) is 9.76. The van der Waals surface area contributed by atoms with Gasteiger partial charge in [-0.2, -0.15) is 0 Å².